The molecule has 0 bridgehead atoms. The summed E-state index contributed by atoms with van der Waals surface area (Å²) in [6, 6.07) is 0. The van der Waals surface area contributed by atoms with Gasteiger partial charge < -0.3 is 29.0 Å². The summed E-state index contributed by atoms with van der Waals surface area (Å²) in [6.45, 7) is 10.4. The summed E-state index contributed by atoms with van der Waals surface area (Å²) in [7, 11) is 0. The number of aliphatic hydroxyl groups is 1. The second-order valence-electron chi connectivity index (χ2n) is 8.75. The number of nitrogens with zero attached hydrogens (tertiary/aromatic N) is 1. The Labute approximate surface area is 188 Å². The molecule has 0 radical (unpaired) electrons. The smallest absolute Gasteiger partial charge is 0.288 e. The number of ether oxygens (including phenoxy) is 4. The Morgan fingerprint density at radius 1 is 1.10 bits per heavy atom. The summed E-state index contributed by atoms with van der Waals surface area (Å²) in [5.74, 6) is 1.13. The molecule has 31 heavy (non-hydrogen) atoms. The Hall–Kier alpha value is -1.15. The number of hydrogen-bond donors (Lipinski definition) is 1. The van der Waals surface area contributed by atoms with Crippen molar-refractivity contribution in [2.75, 3.05) is 52.7 Å². The van der Waals surface area contributed by atoms with E-state index < -0.39 is 6.29 Å². The molecule has 3 atom stereocenters. The predicted octanol–water partition coefficient (Wildman–Crippen LogP) is 3.36. The zero-order valence-electron chi connectivity index (χ0n) is 19.7. The van der Waals surface area contributed by atoms with Crippen molar-refractivity contribution in [2.24, 2.45) is 17.8 Å². The molecule has 0 aromatic heterocycles. The maximum atomic E-state index is 13.2. The first kappa shape index (κ1) is 26.1. The largest absolute Gasteiger partial charge is 0.459 e. The zero-order valence-corrected chi connectivity index (χ0v) is 19.7. The van der Waals surface area contributed by atoms with Crippen molar-refractivity contribution in [3.8, 4) is 0 Å². The fourth-order valence-corrected chi connectivity index (χ4v) is 4.40. The number of hydrogen-bond acceptors (Lipinski definition) is 6. The number of rotatable bonds is 12. The van der Waals surface area contributed by atoms with Crippen molar-refractivity contribution in [2.45, 2.75) is 65.6 Å². The molecule has 0 unspecified atom stereocenters. The number of likely N-dealkylation sites (tertiary alicyclic amines) is 1. The average Bonchev–Trinajstić information content (AvgIpc) is 2.73. The van der Waals surface area contributed by atoms with Gasteiger partial charge in [0, 0.05) is 32.2 Å². The highest BCUT2D eigenvalue weighted by Gasteiger charge is 2.39. The summed E-state index contributed by atoms with van der Waals surface area (Å²) in [4.78, 5) is 15.2. The molecular formula is C24H43NO6. The van der Waals surface area contributed by atoms with Gasteiger partial charge in [-0.25, -0.2) is 0 Å². The first-order chi connectivity index (χ1) is 15.1. The molecule has 1 saturated heterocycles. The highest BCUT2D eigenvalue weighted by molar-refractivity contribution is 5.91. The van der Waals surface area contributed by atoms with Crippen LogP contribution in [-0.2, 0) is 23.7 Å². The van der Waals surface area contributed by atoms with Crippen LogP contribution in [0.3, 0.4) is 0 Å². The van der Waals surface area contributed by atoms with E-state index >= 15 is 0 Å². The molecule has 0 aliphatic carbocycles. The highest BCUT2D eigenvalue weighted by atomic mass is 16.7. The topological polar surface area (TPSA) is 77.5 Å². The van der Waals surface area contributed by atoms with Gasteiger partial charge in [-0.2, -0.15) is 0 Å². The van der Waals surface area contributed by atoms with Gasteiger partial charge in [0.1, 0.15) is 0 Å². The van der Waals surface area contributed by atoms with Gasteiger partial charge in [-0.05, 0) is 44.1 Å². The number of carbonyl (C=O) groups excluding carboxylic acids is 1. The van der Waals surface area contributed by atoms with Gasteiger partial charge in [0.05, 0.1) is 26.4 Å². The van der Waals surface area contributed by atoms with Crippen LogP contribution in [0.1, 0.15) is 59.3 Å². The van der Waals surface area contributed by atoms with Crippen LogP contribution in [-0.4, -0.2) is 74.9 Å². The molecule has 2 aliphatic rings. The van der Waals surface area contributed by atoms with Crippen LogP contribution in [0, 0.1) is 17.8 Å². The van der Waals surface area contributed by atoms with Gasteiger partial charge in [0.15, 0.2) is 5.76 Å². The van der Waals surface area contributed by atoms with Gasteiger partial charge in [-0.1, -0.05) is 33.1 Å². The van der Waals surface area contributed by atoms with E-state index in [1.165, 1.54) is 19.3 Å². The van der Waals surface area contributed by atoms with Crippen molar-refractivity contribution in [3.05, 3.63) is 11.8 Å². The third-order valence-corrected chi connectivity index (χ3v) is 6.09. The van der Waals surface area contributed by atoms with E-state index in [0.29, 0.717) is 44.7 Å². The lowest BCUT2D eigenvalue weighted by molar-refractivity contribution is -0.180. The van der Waals surface area contributed by atoms with E-state index in [-0.39, 0.29) is 24.3 Å². The maximum Gasteiger partial charge on any atom is 0.288 e. The van der Waals surface area contributed by atoms with Gasteiger partial charge in [-0.3, -0.25) is 4.79 Å². The van der Waals surface area contributed by atoms with E-state index in [1.807, 2.05) is 17.9 Å². The van der Waals surface area contributed by atoms with Gasteiger partial charge in [-0.15, -0.1) is 0 Å². The van der Waals surface area contributed by atoms with Gasteiger partial charge in [0.25, 0.3) is 5.91 Å². The normalized spacial score (nSPS) is 25.0. The van der Waals surface area contributed by atoms with Gasteiger partial charge in [0.2, 0.25) is 6.29 Å². The number of amides is 1. The number of allylic oxidation sites excluding steroid dienone is 1. The zero-order chi connectivity index (χ0) is 22.5. The first-order valence-electron chi connectivity index (χ1n) is 12.1. The minimum atomic E-state index is -0.439. The summed E-state index contributed by atoms with van der Waals surface area (Å²) >= 11 is 0. The third kappa shape index (κ3) is 8.72. The molecule has 0 aromatic rings. The van der Waals surface area contributed by atoms with Crippen molar-refractivity contribution < 1.29 is 28.8 Å². The maximum absolute atomic E-state index is 13.2. The van der Waals surface area contributed by atoms with Crippen molar-refractivity contribution >= 4 is 5.91 Å². The SMILES string of the molecule is CCO[C@H]1OC(C(=O)N2CCCCCCC2)=C[C@@H](C(C)C)[C@@H]1CCOCCOCCO. The molecule has 2 heterocycles. The van der Waals surface area contributed by atoms with E-state index in [9.17, 15) is 4.79 Å². The second-order valence-corrected chi connectivity index (χ2v) is 8.75. The Morgan fingerprint density at radius 3 is 2.35 bits per heavy atom. The predicted molar refractivity (Wildman–Crippen MR) is 119 cm³/mol. The molecule has 1 N–H and O–H groups in total. The van der Waals surface area contributed by atoms with Crippen molar-refractivity contribution in [3.63, 3.8) is 0 Å². The van der Waals surface area contributed by atoms with Crippen LogP contribution in [0.15, 0.2) is 11.8 Å². The quantitative estimate of drug-likeness (QED) is 0.468. The Bertz CT molecular complexity index is 530. The molecular weight excluding hydrogens is 398 g/mol. The Balaban J connectivity index is 2.01. The van der Waals surface area contributed by atoms with Crippen LogP contribution in [0.5, 0.6) is 0 Å². The molecule has 180 valence electrons. The lowest BCUT2D eigenvalue weighted by Crippen LogP contribution is -2.43. The summed E-state index contributed by atoms with van der Waals surface area (Å²) in [6.07, 6.45) is 8.14. The van der Waals surface area contributed by atoms with Crippen LogP contribution < -0.4 is 0 Å². The van der Waals surface area contributed by atoms with Crippen LogP contribution >= 0.6 is 0 Å². The molecule has 1 amide bonds. The molecule has 2 aliphatic heterocycles. The van der Waals surface area contributed by atoms with Crippen molar-refractivity contribution in [1.82, 2.24) is 4.90 Å². The Kier molecular flexibility index (Phi) is 12.5. The Morgan fingerprint density at radius 2 is 1.74 bits per heavy atom. The molecule has 7 heteroatoms. The molecule has 0 saturated carbocycles. The van der Waals surface area contributed by atoms with Crippen LogP contribution in [0.2, 0.25) is 0 Å². The lowest BCUT2D eigenvalue weighted by Gasteiger charge is -2.39. The fraction of sp³-hybridized carbons (Fsp3) is 0.875. The van der Waals surface area contributed by atoms with Crippen LogP contribution in [0.25, 0.3) is 0 Å². The first-order valence-corrected chi connectivity index (χ1v) is 12.1. The van der Waals surface area contributed by atoms with Crippen molar-refractivity contribution in [1.29, 1.82) is 0 Å². The van der Waals surface area contributed by atoms with Gasteiger partial charge >= 0.3 is 0 Å². The number of aliphatic hydroxyl groups excluding tert-OH is 1. The average molecular weight is 442 g/mol. The number of carbonyl (C=O) groups is 1. The molecule has 7 nitrogen and oxygen atoms in total. The summed E-state index contributed by atoms with van der Waals surface area (Å²) in [5.41, 5.74) is 0. The van der Waals surface area contributed by atoms with E-state index in [4.69, 9.17) is 24.1 Å². The monoisotopic (exact) mass is 441 g/mol. The fourth-order valence-electron chi connectivity index (χ4n) is 4.40. The molecule has 2 rings (SSSR count). The van der Waals surface area contributed by atoms with E-state index in [1.54, 1.807) is 0 Å². The molecule has 0 aromatic carbocycles. The van der Waals surface area contributed by atoms with Crippen LogP contribution in [0.4, 0.5) is 0 Å². The van der Waals surface area contributed by atoms with E-state index in [2.05, 4.69) is 13.8 Å². The standard InChI is InChI=1S/C24H43NO6/c1-4-30-24-20(10-14-28-16-17-29-15-13-26)21(19(2)3)18-22(31-24)23(27)25-11-8-6-5-7-9-12-25/h18-21,24,26H,4-17H2,1-3H3/t20-,21-,24-/m0/s1. The second kappa shape index (κ2) is 14.8. The summed E-state index contributed by atoms with van der Waals surface area (Å²) in [5, 5.41) is 8.74. The highest BCUT2D eigenvalue weighted by Crippen LogP contribution is 2.37. The minimum Gasteiger partial charge on any atom is -0.459 e. The lowest BCUT2D eigenvalue weighted by atomic mass is 9.79. The van der Waals surface area contributed by atoms with E-state index in [0.717, 1.165) is 32.4 Å². The summed E-state index contributed by atoms with van der Waals surface area (Å²) < 4.78 is 23.1. The minimum absolute atomic E-state index is 0.00739. The molecule has 0 spiro atoms. The third-order valence-electron chi connectivity index (χ3n) is 6.09. The molecule has 1 fully saturated rings.